The second-order valence-electron chi connectivity index (χ2n) is 10.6. The van der Waals surface area contributed by atoms with Crippen LogP contribution in [0.1, 0.15) is 59.8 Å². The molecule has 2 aliphatic rings. The van der Waals surface area contributed by atoms with Gasteiger partial charge in [0, 0.05) is 41.2 Å². The first-order valence-corrected chi connectivity index (χ1v) is 16.2. The van der Waals surface area contributed by atoms with Crippen molar-refractivity contribution in [1.82, 2.24) is 24.6 Å². The lowest BCUT2D eigenvalue weighted by molar-refractivity contribution is 0.0352. The average molecular weight is 865 g/mol. The molecule has 1 aliphatic heterocycles. The van der Waals surface area contributed by atoms with Gasteiger partial charge in [-0.25, -0.2) is 4.39 Å². The van der Waals surface area contributed by atoms with E-state index in [0.717, 1.165) is 35.7 Å². The van der Waals surface area contributed by atoms with Gasteiger partial charge in [0.1, 0.15) is 5.25 Å². The molecule has 2 unspecified atom stereocenters. The van der Waals surface area contributed by atoms with Gasteiger partial charge in [0.25, 0.3) is 11.5 Å². The van der Waals surface area contributed by atoms with Crippen LogP contribution in [0, 0.1) is 5.82 Å². The van der Waals surface area contributed by atoms with Crippen LogP contribution in [0.3, 0.4) is 0 Å². The molecule has 0 bridgehead atoms. The van der Waals surface area contributed by atoms with Gasteiger partial charge in [-0.05, 0) is 119 Å². The van der Waals surface area contributed by atoms with E-state index >= 15 is 0 Å². The van der Waals surface area contributed by atoms with Crippen molar-refractivity contribution in [3.8, 4) is 0 Å². The Morgan fingerprint density at radius 3 is 2.54 bits per heavy atom. The summed E-state index contributed by atoms with van der Waals surface area (Å²) in [7, 11) is 1.98. The number of nitrogens with zero attached hydrogens (tertiary/aromatic N) is 4. The molecule has 1 aliphatic carbocycles. The molecule has 3 heterocycles. The summed E-state index contributed by atoms with van der Waals surface area (Å²) in [6.45, 7) is 3.02. The van der Waals surface area contributed by atoms with E-state index in [9.17, 15) is 14.0 Å². The lowest BCUT2D eigenvalue weighted by atomic mass is 9.93. The molecule has 39 heavy (non-hydrogen) atoms. The smallest absolute Gasteiger partial charge is 0.259 e. The molecule has 2 aromatic carbocycles. The summed E-state index contributed by atoms with van der Waals surface area (Å²) in [4.78, 5) is 34.4. The van der Waals surface area contributed by atoms with E-state index in [1.54, 1.807) is 18.3 Å². The lowest BCUT2D eigenvalue weighted by Crippen LogP contribution is -2.54. The largest absolute Gasteiger partial charge is 0.333 e. The second kappa shape index (κ2) is 10.5. The van der Waals surface area contributed by atoms with E-state index in [1.165, 1.54) is 6.07 Å². The lowest BCUT2D eigenvalue weighted by Gasteiger charge is -2.44. The van der Waals surface area contributed by atoms with Crippen molar-refractivity contribution in [2.24, 2.45) is 0 Å². The Kier molecular flexibility index (Phi) is 7.49. The number of halogens is 4. The number of amides is 1. The molecule has 4 aromatic rings. The molecule has 7 nitrogen and oxygen atoms in total. The zero-order valence-electron chi connectivity index (χ0n) is 21.4. The highest BCUT2D eigenvalue weighted by Crippen LogP contribution is 2.49. The molecule has 2 atom stereocenters. The highest BCUT2D eigenvalue weighted by molar-refractivity contribution is 14.3. The summed E-state index contributed by atoms with van der Waals surface area (Å²) >= 11 is 7.05. The Morgan fingerprint density at radius 1 is 1.13 bits per heavy atom. The highest BCUT2D eigenvalue weighted by atomic mass is 127. The highest BCUT2D eigenvalue weighted by Gasteiger charge is 2.37. The predicted octanol–water partition coefficient (Wildman–Crippen LogP) is 6.67. The Labute approximate surface area is 266 Å². The van der Waals surface area contributed by atoms with E-state index in [0.29, 0.717) is 41.2 Å². The fourth-order valence-electron chi connectivity index (χ4n) is 5.87. The topological polar surface area (TPSA) is 74.2 Å². The normalized spacial score (nSPS) is 21.0. The zero-order valence-corrected chi connectivity index (χ0v) is 27.9. The molecule has 0 spiro atoms. The number of likely N-dealkylation sites (N-methyl/N-ethyl adjacent to an activating group) is 1. The summed E-state index contributed by atoms with van der Waals surface area (Å²) in [5, 5.41) is 6.06. The molecule has 1 amide bonds. The van der Waals surface area contributed by atoms with Crippen LogP contribution in [0.2, 0.25) is 0 Å². The van der Waals surface area contributed by atoms with Crippen LogP contribution < -0.4 is 5.56 Å². The summed E-state index contributed by atoms with van der Waals surface area (Å²) in [5.41, 5.74) is 3.28. The van der Waals surface area contributed by atoms with Gasteiger partial charge in [-0.3, -0.25) is 19.2 Å². The summed E-state index contributed by atoms with van der Waals surface area (Å²) in [6.07, 6.45) is 4.92. The van der Waals surface area contributed by atoms with Crippen LogP contribution in [0.5, 0.6) is 0 Å². The van der Waals surface area contributed by atoms with Crippen LogP contribution >= 0.6 is 67.8 Å². The van der Waals surface area contributed by atoms with Crippen molar-refractivity contribution >= 4 is 95.5 Å². The maximum Gasteiger partial charge on any atom is 0.259 e. The Balaban J connectivity index is 1.49. The third-order valence-electron chi connectivity index (χ3n) is 8.17. The summed E-state index contributed by atoms with van der Waals surface area (Å²) in [6, 6.07) is 10.6. The first kappa shape index (κ1) is 27.8. The fraction of sp³-hybridized carbons (Fsp3) is 0.393. The summed E-state index contributed by atoms with van der Waals surface area (Å²) < 4.78 is 16.4. The van der Waals surface area contributed by atoms with Gasteiger partial charge in [-0.1, -0.05) is 18.2 Å². The van der Waals surface area contributed by atoms with Crippen molar-refractivity contribution in [3.05, 3.63) is 75.5 Å². The number of H-pyrrole nitrogens is 1. The predicted molar refractivity (Wildman–Crippen MR) is 177 cm³/mol. The van der Waals surface area contributed by atoms with E-state index in [-0.39, 0.29) is 29.4 Å². The van der Waals surface area contributed by atoms with Gasteiger partial charge in [0.2, 0.25) is 0 Å². The van der Waals surface area contributed by atoms with Crippen molar-refractivity contribution in [2.45, 2.75) is 43.7 Å². The molecular formula is C28H27FI3N5O2. The number of carbonyl (C=O) groups excluding carboxylic acids is 1. The van der Waals surface area contributed by atoms with Gasteiger partial charge in [-0.2, -0.15) is 5.10 Å². The van der Waals surface area contributed by atoms with Crippen molar-refractivity contribution in [3.63, 3.8) is 0 Å². The molecule has 6 rings (SSSR count). The molecule has 1 saturated carbocycles. The molecule has 1 N–H and O–H groups in total. The SMILES string of the molecule is CC1CN(C)C(c2ccccc2F)CN1C(=O)c1cc2[nH]c(=O)c3cnn(C4CCC4)c3c2cc1C(I)(I)I. The molecule has 2 fully saturated rings. The van der Waals surface area contributed by atoms with E-state index in [2.05, 4.69) is 88.8 Å². The number of carbonyl (C=O) groups is 1. The number of fused-ring (bicyclic) bond motifs is 3. The van der Waals surface area contributed by atoms with Crippen molar-refractivity contribution in [1.29, 1.82) is 0 Å². The Hall–Kier alpha value is -1.33. The number of hydrogen-bond donors (Lipinski definition) is 1. The number of piperazine rings is 1. The van der Waals surface area contributed by atoms with Gasteiger partial charge >= 0.3 is 0 Å². The van der Waals surface area contributed by atoms with E-state index in [1.807, 2.05) is 35.7 Å². The summed E-state index contributed by atoms with van der Waals surface area (Å²) in [5.74, 6) is -0.380. The van der Waals surface area contributed by atoms with Crippen LogP contribution in [0.4, 0.5) is 4.39 Å². The number of rotatable bonds is 4. The quantitative estimate of drug-likeness (QED) is 0.184. The first-order chi connectivity index (χ1) is 18.5. The van der Waals surface area contributed by atoms with Crippen molar-refractivity contribution < 1.29 is 9.18 Å². The van der Waals surface area contributed by atoms with Gasteiger partial charge < -0.3 is 9.88 Å². The maximum absolute atomic E-state index is 14.8. The molecule has 2 aromatic heterocycles. The molecule has 1 saturated heterocycles. The number of alkyl halides is 3. The van der Waals surface area contributed by atoms with Crippen molar-refractivity contribution in [2.75, 3.05) is 20.1 Å². The average Bonchev–Trinajstić information content (AvgIpc) is 3.27. The Morgan fingerprint density at radius 2 is 1.87 bits per heavy atom. The fourth-order valence-corrected chi connectivity index (χ4v) is 7.21. The minimum Gasteiger partial charge on any atom is -0.333 e. The van der Waals surface area contributed by atoms with Crippen LogP contribution in [0.25, 0.3) is 21.8 Å². The Bertz CT molecular complexity index is 1660. The zero-order chi connectivity index (χ0) is 27.6. The first-order valence-electron chi connectivity index (χ1n) is 12.9. The van der Waals surface area contributed by atoms with Gasteiger partial charge in [-0.15, -0.1) is 0 Å². The number of pyridine rings is 1. The minimum absolute atomic E-state index is 0.0670. The third kappa shape index (κ3) is 4.92. The number of benzene rings is 2. The maximum atomic E-state index is 14.8. The van der Waals surface area contributed by atoms with Crippen LogP contribution in [0.15, 0.2) is 47.4 Å². The van der Waals surface area contributed by atoms with E-state index < -0.39 is -0.565 Å². The standard InChI is InChI=1S/C28H27FI3N5O2/c1-15-13-35(2)24(17-8-3-4-9-22(17)29)14-36(15)27(39)18-11-23-19(10-21(18)28(30,31)32)25-20(26(38)34-23)12-33-37(25)16-6-5-7-16/h3-4,8-12,15-16,24H,5-7,13-14H2,1-2H3,(H,34,38). The number of nitrogens with one attached hydrogen (secondary N) is 1. The number of aromatic nitrogens is 3. The molecule has 204 valence electrons. The number of aromatic amines is 1. The molecule has 11 heteroatoms. The minimum atomic E-state index is -0.420. The van der Waals surface area contributed by atoms with Crippen LogP contribution in [-0.2, 0) is -0.565 Å². The second-order valence-corrected chi connectivity index (χ2v) is 21.7. The van der Waals surface area contributed by atoms with Gasteiger partial charge in [0.15, 0.2) is 0 Å². The third-order valence-corrected chi connectivity index (χ3v) is 9.91. The van der Waals surface area contributed by atoms with E-state index in [4.69, 9.17) is 0 Å². The van der Waals surface area contributed by atoms with Crippen LogP contribution in [-0.4, -0.2) is 56.7 Å². The monoisotopic (exact) mass is 865 g/mol. The van der Waals surface area contributed by atoms with Gasteiger partial charge in [0.05, 0.1) is 34.7 Å². The molecule has 0 radical (unpaired) electrons. The molecular weight excluding hydrogens is 838 g/mol. The number of hydrogen-bond acceptors (Lipinski definition) is 4.